The van der Waals surface area contributed by atoms with Crippen LogP contribution < -0.4 is 0 Å². The van der Waals surface area contributed by atoms with Gasteiger partial charge < -0.3 is 4.74 Å². The highest BCUT2D eigenvalue weighted by Crippen LogP contribution is 2.39. The minimum atomic E-state index is -3.98. The normalized spacial score (nSPS) is 18.9. The molecule has 0 spiro atoms. The van der Waals surface area contributed by atoms with E-state index in [-0.39, 0.29) is 11.5 Å². The molecule has 35 heavy (non-hydrogen) atoms. The highest BCUT2D eigenvalue weighted by molar-refractivity contribution is 7.89. The van der Waals surface area contributed by atoms with Gasteiger partial charge in [-0.1, -0.05) is 96.6 Å². The second kappa shape index (κ2) is 10.8. The number of carbonyl (C=O) groups excluding carboxylic acids is 1. The number of carbonyl (C=O) groups is 1. The van der Waals surface area contributed by atoms with E-state index in [4.69, 9.17) is 4.74 Å². The summed E-state index contributed by atoms with van der Waals surface area (Å²) in [6.45, 7) is 3.86. The molecule has 0 saturated heterocycles. The van der Waals surface area contributed by atoms with E-state index in [1.807, 2.05) is 79.7 Å². The van der Waals surface area contributed by atoms with Gasteiger partial charge in [-0.25, -0.2) is 13.2 Å². The molecule has 1 aliphatic rings. The van der Waals surface area contributed by atoms with Crippen LogP contribution >= 0.6 is 0 Å². The lowest BCUT2D eigenvalue weighted by atomic mass is 9.92. The van der Waals surface area contributed by atoms with Gasteiger partial charge in [0.05, 0.1) is 29.2 Å². The van der Waals surface area contributed by atoms with E-state index in [9.17, 15) is 13.2 Å². The van der Waals surface area contributed by atoms with E-state index in [0.717, 1.165) is 16.7 Å². The maximum absolute atomic E-state index is 14.1. The van der Waals surface area contributed by atoms with Crippen molar-refractivity contribution in [2.75, 3.05) is 6.61 Å². The number of aryl methyl sites for hydroxylation is 1. The van der Waals surface area contributed by atoms with Gasteiger partial charge in [0.2, 0.25) is 10.0 Å². The topological polar surface area (TPSA) is 63.7 Å². The first-order valence-corrected chi connectivity index (χ1v) is 13.1. The van der Waals surface area contributed by atoms with Crippen LogP contribution in [0.1, 0.15) is 36.1 Å². The molecule has 0 radical (unpaired) electrons. The Morgan fingerprint density at radius 3 is 2.23 bits per heavy atom. The Morgan fingerprint density at radius 2 is 1.60 bits per heavy atom. The third-order valence-corrected chi connectivity index (χ3v) is 7.93. The Labute approximate surface area is 207 Å². The molecule has 6 heteroatoms. The molecule has 0 fully saturated rings. The van der Waals surface area contributed by atoms with Crippen molar-refractivity contribution >= 4 is 22.1 Å². The first kappa shape index (κ1) is 24.6. The smallest absolute Gasteiger partial charge is 0.335 e. The van der Waals surface area contributed by atoms with E-state index in [2.05, 4.69) is 0 Å². The molecule has 0 saturated carbocycles. The summed E-state index contributed by atoms with van der Waals surface area (Å²) < 4.78 is 35.1. The largest absolute Gasteiger partial charge is 0.463 e. The molecule has 0 amide bonds. The van der Waals surface area contributed by atoms with Crippen molar-refractivity contribution in [1.29, 1.82) is 0 Å². The van der Waals surface area contributed by atoms with Gasteiger partial charge in [0.25, 0.3) is 0 Å². The van der Waals surface area contributed by atoms with Crippen molar-refractivity contribution < 1.29 is 17.9 Å². The van der Waals surface area contributed by atoms with Crippen LogP contribution in [0.25, 0.3) is 6.08 Å². The number of hydrogen-bond donors (Lipinski definition) is 0. The molecule has 0 aromatic heterocycles. The van der Waals surface area contributed by atoms with Crippen molar-refractivity contribution in [1.82, 2.24) is 4.31 Å². The van der Waals surface area contributed by atoms with Gasteiger partial charge in [0, 0.05) is 0 Å². The lowest BCUT2D eigenvalue weighted by Crippen LogP contribution is -2.46. The highest BCUT2D eigenvalue weighted by Gasteiger charge is 2.43. The minimum Gasteiger partial charge on any atom is -0.463 e. The summed E-state index contributed by atoms with van der Waals surface area (Å²) in [6, 6.07) is 24.6. The molecular weight excluding hydrogens is 458 g/mol. The van der Waals surface area contributed by atoms with E-state index in [1.54, 1.807) is 37.3 Å². The van der Waals surface area contributed by atoms with Crippen LogP contribution in [0.15, 0.2) is 108 Å². The van der Waals surface area contributed by atoms with Gasteiger partial charge in [0.15, 0.2) is 0 Å². The summed E-state index contributed by atoms with van der Waals surface area (Å²) in [5.74, 6) is -0.508. The number of rotatable bonds is 7. The van der Waals surface area contributed by atoms with Crippen molar-refractivity contribution in [3.8, 4) is 0 Å². The van der Waals surface area contributed by atoms with E-state index >= 15 is 0 Å². The standard InChI is InChI=1S/C29H29NO4S/c1-3-34-29(31)26-19-21-27(24-12-8-5-9-13-24)30(28(26)20-16-23-10-6-4-7-11-23)35(32,33)25-17-14-22(2)15-18-25/h4-20,27-28H,3,21H2,1-2H3/t27-,28-/m0/s1. The van der Waals surface area contributed by atoms with Crippen molar-refractivity contribution in [2.24, 2.45) is 0 Å². The number of benzene rings is 3. The Morgan fingerprint density at radius 1 is 0.971 bits per heavy atom. The number of sulfonamides is 1. The first-order chi connectivity index (χ1) is 16.9. The molecule has 3 aromatic carbocycles. The van der Waals surface area contributed by atoms with Crippen LogP contribution in [-0.2, 0) is 19.6 Å². The molecular formula is C29H29NO4S. The zero-order chi connectivity index (χ0) is 24.8. The highest BCUT2D eigenvalue weighted by atomic mass is 32.2. The lowest BCUT2D eigenvalue weighted by molar-refractivity contribution is -0.139. The monoisotopic (exact) mass is 487 g/mol. The van der Waals surface area contributed by atoms with Gasteiger partial charge >= 0.3 is 5.97 Å². The Kier molecular flexibility index (Phi) is 7.63. The second-order valence-electron chi connectivity index (χ2n) is 8.40. The van der Waals surface area contributed by atoms with Crippen molar-refractivity contribution in [2.45, 2.75) is 37.2 Å². The maximum atomic E-state index is 14.1. The molecule has 5 nitrogen and oxygen atoms in total. The quantitative estimate of drug-likeness (QED) is 0.401. The molecule has 0 bridgehead atoms. The molecule has 4 rings (SSSR count). The summed E-state index contributed by atoms with van der Waals surface area (Å²) in [7, 11) is -3.98. The molecule has 0 aliphatic carbocycles. The van der Waals surface area contributed by atoms with Crippen molar-refractivity contribution in [3.63, 3.8) is 0 Å². The van der Waals surface area contributed by atoms with Crippen LogP contribution in [0.2, 0.25) is 0 Å². The average Bonchev–Trinajstić information content (AvgIpc) is 2.88. The van der Waals surface area contributed by atoms with E-state index < -0.39 is 28.1 Å². The van der Waals surface area contributed by atoms with E-state index in [0.29, 0.717) is 12.0 Å². The fourth-order valence-electron chi connectivity index (χ4n) is 4.27. The fraction of sp³-hybridized carbons (Fsp3) is 0.207. The van der Waals surface area contributed by atoms with Gasteiger partial charge in [-0.2, -0.15) is 4.31 Å². The van der Waals surface area contributed by atoms with Crippen LogP contribution in [0, 0.1) is 6.92 Å². The molecule has 0 unspecified atom stereocenters. The molecule has 2 atom stereocenters. The van der Waals surface area contributed by atoms with Gasteiger partial charge in [-0.05, 0) is 43.5 Å². The maximum Gasteiger partial charge on any atom is 0.335 e. The Hall–Kier alpha value is -3.48. The lowest BCUT2D eigenvalue weighted by Gasteiger charge is -2.39. The van der Waals surface area contributed by atoms with Crippen molar-refractivity contribution in [3.05, 3.63) is 119 Å². The van der Waals surface area contributed by atoms with E-state index in [1.165, 1.54) is 4.31 Å². The molecule has 0 N–H and O–H groups in total. The average molecular weight is 488 g/mol. The molecule has 1 aliphatic heterocycles. The van der Waals surface area contributed by atoms with Crippen LogP contribution in [-0.4, -0.2) is 31.3 Å². The zero-order valence-corrected chi connectivity index (χ0v) is 20.7. The number of esters is 1. The zero-order valence-electron chi connectivity index (χ0n) is 19.9. The Balaban J connectivity index is 1.89. The molecule has 180 valence electrons. The third-order valence-electron chi connectivity index (χ3n) is 6.02. The van der Waals surface area contributed by atoms with Gasteiger partial charge in [0.1, 0.15) is 0 Å². The van der Waals surface area contributed by atoms with Crippen LogP contribution in [0.5, 0.6) is 0 Å². The predicted octanol–water partition coefficient (Wildman–Crippen LogP) is 5.70. The third kappa shape index (κ3) is 5.45. The number of nitrogens with zero attached hydrogens (tertiary/aromatic N) is 1. The number of hydrogen-bond acceptors (Lipinski definition) is 4. The second-order valence-corrected chi connectivity index (χ2v) is 10.2. The summed E-state index contributed by atoms with van der Waals surface area (Å²) in [4.78, 5) is 13.2. The van der Waals surface area contributed by atoms with Crippen LogP contribution in [0.4, 0.5) is 0 Å². The summed E-state index contributed by atoms with van der Waals surface area (Å²) >= 11 is 0. The Bertz CT molecular complexity index is 1310. The molecule has 1 heterocycles. The summed E-state index contributed by atoms with van der Waals surface area (Å²) in [5, 5.41) is 0. The van der Waals surface area contributed by atoms with Crippen LogP contribution in [0.3, 0.4) is 0 Å². The summed E-state index contributed by atoms with van der Waals surface area (Å²) in [6.07, 6.45) is 5.80. The number of ether oxygens (including phenoxy) is 1. The minimum absolute atomic E-state index is 0.187. The molecule has 3 aromatic rings. The van der Waals surface area contributed by atoms with Gasteiger partial charge in [-0.3, -0.25) is 0 Å². The SMILES string of the molecule is CCOC(=O)C1=CC[C@@H](c2ccccc2)N(S(=O)(=O)c2ccc(C)cc2)[C@H]1C=Cc1ccccc1. The predicted molar refractivity (Wildman–Crippen MR) is 138 cm³/mol. The summed E-state index contributed by atoms with van der Waals surface area (Å²) in [5.41, 5.74) is 3.06. The fourth-order valence-corrected chi connectivity index (χ4v) is 6.02. The first-order valence-electron chi connectivity index (χ1n) is 11.7. The van der Waals surface area contributed by atoms with Gasteiger partial charge in [-0.15, -0.1) is 0 Å².